The number of hydrogen-bond donors (Lipinski definition) is 1. The van der Waals surface area contributed by atoms with Gasteiger partial charge < -0.3 is 5.11 Å². The summed E-state index contributed by atoms with van der Waals surface area (Å²) in [6, 6.07) is 14.3. The van der Waals surface area contributed by atoms with Crippen LogP contribution in [0.4, 0.5) is 0 Å². The van der Waals surface area contributed by atoms with Crippen LogP contribution in [0.5, 0.6) is 5.75 Å². The summed E-state index contributed by atoms with van der Waals surface area (Å²) in [6.07, 6.45) is 2.23. The van der Waals surface area contributed by atoms with Gasteiger partial charge in [-0.05, 0) is 35.6 Å². The lowest BCUT2D eigenvalue weighted by Crippen LogP contribution is -2.30. The fourth-order valence-electron chi connectivity index (χ4n) is 3.10. The smallest absolute Gasteiger partial charge is 0.120 e. The first kappa shape index (κ1) is 13.2. The van der Waals surface area contributed by atoms with E-state index in [9.17, 15) is 5.11 Å². The lowest BCUT2D eigenvalue weighted by Gasteiger charge is -2.30. The highest BCUT2D eigenvalue weighted by Crippen LogP contribution is 2.25. The van der Waals surface area contributed by atoms with Crippen LogP contribution in [0, 0.1) is 0 Å². The van der Waals surface area contributed by atoms with Crippen molar-refractivity contribution in [2.75, 3.05) is 6.54 Å². The van der Waals surface area contributed by atoms with E-state index in [2.05, 4.69) is 30.0 Å². The molecule has 0 radical (unpaired) electrons. The summed E-state index contributed by atoms with van der Waals surface area (Å²) in [5, 5.41) is 9.89. The predicted molar refractivity (Wildman–Crippen MR) is 81.7 cm³/mol. The number of hydrogen-bond acceptors (Lipinski definition) is 2. The van der Waals surface area contributed by atoms with Crippen molar-refractivity contribution in [3.63, 3.8) is 0 Å². The molecular weight excluding hydrogens is 246 g/mol. The molecule has 1 N–H and O–H groups in total. The predicted octanol–water partition coefficient (Wildman–Crippen LogP) is 3.51. The zero-order valence-electron chi connectivity index (χ0n) is 12.0. The number of fused-ring (bicyclic) bond motifs is 1. The molecule has 0 aliphatic carbocycles. The molecule has 0 saturated heterocycles. The summed E-state index contributed by atoms with van der Waals surface area (Å²) >= 11 is 0. The molecule has 0 saturated carbocycles. The Morgan fingerprint density at radius 1 is 1.05 bits per heavy atom. The largest absolute Gasteiger partial charge is 0.508 e. The Kier molecular flexibility index (Phi) is 3.75. The molecule has 1 heterocycles. The molecule has 3 rings (SSSR count). The van der Waals surface area contributed by atoms with Gasteiger partial charge in [-0.3, -0.25) is 4.90 Å². The SMILES string of the molecule is CCc1cccc2c1CCN(Cc1ccccc1O)C2. The van der Waals surface area contributed by atoms with Gasteiger partial charge in [0.2, 0.25) is 0 Å². The quantitative estimate of drug-likeness (QED) is 0.920. The summed E-state index contributed by atoms with van der Waals surface area (Å²) in [6.45, 7) is 5.10. The van der Waals surface area contributed by atoms with E-state index in [4.69, 9.17) is 0 Å². The van der Waals surface area contributed by atoms with Gasteiger partial charge in [-0.1, -0.05) is 43.3 Å². The highest BCUT2D eigenvalue weighted by molar-refractivity contribution is 5.37. The van der Waals surface area contributed by atoms with Gasteiger partial charge in [-0.2, -0.15) is 0 Å². The molecular formula is C18H21NO. The number of aromatic hydroxyl groups is 1. The second-order valence-corrected chi connectivity index (χ2v) is 5.50. The van der Waals surface area contributed by atoms with E-state index in [1.54, 1.807) is 11.6 Å². The molecule has 1 aliphatic rings. The van der Waals surface area contributed by atoms with E-state index >= 15 is 0 Å². The van der Waals surface area contributed by atoms with Gasteiger partial charge in [0.25, 0.3) is 0 Å². The van der Waals surface area contributed by atoms with E-state index < -0.39 is 0 Å². The third-order valence-corrected chi connectivity index (χ3v) is 4.21. The zero-order valence-corrected chi connectivity index (χ0v) is 12.0. The maximum atomic E-state index is 9.89. The molecule has 2 nitrogen and oxygen atoms in total. The molecule has 20 heavy (non-hydrogen) atoms. The van der Waals surface area contributed by atoms with Crippen molar-refractivity contribution < 1.29 is 5.11 Å². The van der Waals surface area contributed by atoms with Crippen LogP contribution < -0.4 is 0 Å². The topological polar surface area (TPSA) is 23.5 Å². The number of phenols is 1. The van der Waals surface area contributed by atoms with Gasteiger partial charge >= 0.3 is 0 Å². The molecule has 2 heteroatoms. The van der Waals surface area contributed by atoms with Crippen molar-refractivity contribution in [1.82, 2.24) is 4.90 Å². The van der Waals surface area contributed by atoms with Gasteiger partial charge in [0.1, 0.15) is 5.75 Å². The van der Waals surface area contributed by atoms with Crippen LogP contribution in [0.15, 0.2) is 42.5 Å². The van der Waals surface area contributed by atoms with Crippen molar-refractivity contribution in [1.29, 1.82) is 0 Å². The van der Waals surface area contributed by atoms with Crippen molar-refractivity contribution >= 4 is 0 Å². The lowest BCUT2D eigenvalue weighted by molar-refractivity contribution is 0.242. The van der Waals surface area contributed by atoms with Crippen LogP contribution in [0.25, 0.3) is 0 Å². The van der Waals surface area contributed by atoms with Gasteiger partial charge in [-0.25, -0.2) is 0 Å². The second-order valence-electron chi connectivity index (χ2n) is 5.50. The van der Waals surface area contributed by atoms with E-state index in [0.29, 0.717) is 5.75 Å². The average molecular weight is 267 g/mol. The third-order valence-electron chi connectivity index (χ3n) is 4.21. The molecule has 2 aromatic carbocycles. The Morgan fingerprint density at radius 3 is 2.65 bits per heavy atom. The maximum Gasteiger partial charge on any atom is 0.120 e. The van der Waals surface area contributed by atoms with Gasteiger partial charge in [0.15, 0.2) is 0 Å². The monoisotopic (exact) mass is 267 g/mol. The summed E-state index contributed by atoms with van der Waals surface area (Å²) in [5.74, 6) is 0.403. The molecule has 0 unspecified atom stereocenters. The van der Waals surface area contributed by atoms with E-state index in [1.165, 1.54) is 11.1 Å². The molecule has 0 amide bonds. The number of phenolic OH excluding ortho intramolecular Hbond substituents is 1. The maximum absolute atomic E-state index is 9.89. The molecule has 2 aromatic rings. The van der Waals surface area contributed by atoms with Gasteiger partial charge in [0, 0.05) is 25.2 Å². The van der Waals surface area contributed by atoms with Crippen molar-refractivity contribution in [3.05, 3.63) is 64.7 Å². The minimum absolute atomic E-state index is 0.403. The molecule has 0 bridgehead atoms. The first-order chi connectivity index (χ1) is 9.78. The fraction of sp³-hybridized carbons (Fsp3) is 0.333. The Bertz CT molecular complexity index is 606. The zero-order chi connectivity index (χ0) is 13.9. The average Bonchev–Trinajstić information content (AvgIpc) is 2.49. The minimum Gasteiger partial charge on any atom is -0.508 e. The summed E-state index contributed by atoms with van der Waals surface area (Å²) in [4.78, 5) is 2.41. The number of benzene rings is 2. The van der Waals surface area contributed by atoms with Gasteiger partial charge in [-0.15, -0.1) is 0 Å². The van der Waals surface area contributed by atoms with E-state index in [0.717, 1.165) is 38.0 Å². The van der Waals surface area contributed by atoms with Crippen LogP contribution in [-0.2, 0) is 25.9 Å². The number of nitrogens with zero attached hydrogens (tertiary/aromatic N) is 1. The lowest BCUT2D eigenvalue weighted by atomic mass is 9.93. The summed E-state index contributed by atoms with van der Waals surface area (Å²) in [5.41, 5.74) is 5.50. The molecule has 0 fully saturated rings. The minimum atomic E-state index is 0.403. The van der Waals surface area contributed by atoms with Gasteiger partial charge in [0.05, 0.1) is 0 Å². The van der Waals surface area contributed by atoms with Crippen LogP contribution in [0.2, 0.25) is 0 Å². The van der Waals surface area contributed by atoms with Crippen molar-refractivity contribution in [2.24, 2.45) is 0 Å². The summed E-state index contributed by atoms with van der Waals surface area (Å²) in [7, 11) is 0. The van der Waals surface area contributed by atoms with Crippen LogP contribution in [-0.4, -0.2) is 16.6 Å². The number of rotatable bonds is 3. The summed E-state index contributed by atoms with van der Waals surface area (Å²) < 4.78 is 0. The second kappa shape index (κ2) is 5.68. The molecule has 0 atom stereocenters. The van der Waals surface area contributed by atoms with Crippen LogP contribution in [0.1, 0.15) is 29.2 Å². The third kappa shape index (κ3) is 2.56. The van der Waals surface area contributed by atoms with Crippen molar-refractivity contribution in [2.45, 2.75) is 32.9 Å². The molecule has 104 valence electrons. The molecule has 1 aliphatic heterocycles. The Labute approximate surface area is 120 Å². The fourth-order valence-corrected chi connectivity index (χ4v) is 3.10. The first-order valence-electron chi connectivity index (χ1n) is 7.36. The highest BCUT2D eigenvalue weighted by atomic mass is 16.3. The van der Waals surface area contributed by atoms with Crippen LogP contribution >= 0.6 is 0 Å². The molecule has 0 spiro atoms. The normalized spacial score (nSPS) is 15.1. The van der Waals surface area contributed by atoms with E-state index in [1.807, 2.05) is 18.2 Å². The standard InChI is InChI=1S/C18H21NO/c1-2-14-7-5-8-15-12-19(11-10-17(14)15)13-16-6-3-4-9-18(16)20/h3-9,20H,2,10-13H2,1H3. The number of para-hydroxylation sites is 1. The van der Waals surface area contributed by atoms with Crippen LogP contribution in [0.3, 0.4) is 0 Å². The highest BCUT2D eigenvalue weighted by Gasteiger charge is 2.18. The number of aryl methyl sites for hydroxylation is 1. The Morgan fingerprint density at radius 2 is 1.85 bits per heavy atom. The van der Waals surface area contributed by atoms with Crippen molar-refractivity contribution in [3.8, 4) is 5.75 Å². The Hall–Kier alpha value is -1.80. The Balaban J connectivity index is 1.78. The van der Waals surface area contributed by atoms with E-state index in [-0.39, 0.29) is 0 Å². The first-order valence-corrected chi connectivity index (χ1v) is 7.36. The molecule has 0 aromatic heterocycles.